The van der Waals surface area contributed by atoms with Gasteiger partial charge in [0.25, 0.3) is 0 Å². The molecule has 2 N–H and O–H groups in total. The zero-order valence-corrected chi connectivity index (χ0v) is 22.4. The van der Waals surface area contributed by atoms with Crippen molar-refractivity contribution in [2.75, 3.05) is 46.9 Å². The maximum Gasteiger partial charge on any atom is 0.318 e. The Labute approximate surface area is 224 Å². The van der Waals surface area contributed by atoms with Crippen molar-refractivity contribution in [3.05, 3.63) is 41.8 Å². The van der Waals surface area contributed by atoms with E-state index in [1.54, 1.807) is 4.90 Å². The first-order valence-electron chi connectivity index (χ1n) is 13.5. The average Bonchev–Trinajstić information content (AvgIpc) is 3.36. The van der Waals surface area contributed by atoms with Crippen LogP contribution in [0.1, 0.15) is 54.8 Å². The van der Waals surface area contributed by atoms with E-state index < -0.39 is 6.04 Å². The number of ketones is 1. The lowest BCUT2D eigenvalue weighted by Crippen LogP contribution is -2.54. The van der Waals surface area contributed by atoms with Crippen molar-refractivity contribution in [2.45, 2.75) is 51.1 Å². The third-order valence-corrected chi connectivity index (χ3v) is 7.07. The first-order chi connectivity index (χ1) is 18.4. The van der Waals surface area contributed by atoms with E-state index in [1.807, 2.05) is 49.3 Å². The van der Waals surface area contributed by atoms with Crippen molar-refractivity contribution in [2.24, 2.45) is 5.92 Å². The quantitative estimate of drug-likeness (QED) is 0.458. The van der Waals surface area contributed by atoms with Crippen LogP contribution in [0.4, 0.5) is 4.79 Å². The smallest absolute Gasteiger partial charge is 0.318 e. The number of amides is 3. The van der Waals surface area contributed by atoms with Gasteiger partial charge in [0.05, 0.1) is 19.8 Å². The number of hydrogen-bond donors (Lipinski definition) is 2. The van der Waals surface area contributed by atoms with Crippen molar-refractivity contribution in [1.82, 2.24) is 25.4 Å². The van der Waals surface area contributed by atoms with Gasteiger partial charge >= 0.3 is 6.03 Å². The number of nitrogens with one attached hydrogen (secondary N) is 2. The SMILES string of the molecule is CN(C)Cc1nc(-c2ccccc2)oc1C(=O)CNC(=O)C(CC1CCCCC1)NC(=O)N1CCOCC1. The molecule has 10 heteroatoms. The van der Waals surface area contributed by atoms with Crippen LogP contribution in [0.5, 0.6) is 0 Å². The summed E-state index contributed by atoms with van der Waals surface area (Å²) >= 11 is 0. The van der Waals surface area contributed by atoms with Gasteiger partial charge in [0.15, 0.2) is 5.76 Å². The van der Waals surface area contributed by atoms with Crippen LogP contribution in [0.2, 0.25) is 0 Å². The summed E-state index contributed by atoms with van der Waals surface area (Å²) in [4.78, 5) is 47.5. The molecule has 10 nitrogen and oxygen atoms in total. The molecule has 4 rings (SSSR count). The number of ether oxygens (including phenoxy) is 1. The number of urea groups is 1. The number of aromatic nitrogens is 1. The van der Waals surface area contributed by atoms with Gasteiger partial charge in [-0.25, -0.2) is 9.78 Å². The van der Waals surface area contributed by atoms with Gasteiger partial charge in [0.1, 0.15) is 11.7 Å². The van der Waals surface area contributed by atoms with Crippen molar-refractivity contribution in [1.29, 1.82) is 0 Å². The molecule has 1 saturated heterocycles. The Morgan fingerprint density at radius 2 is 1.79 bits per heavy atom. The lowest BCUT2D eigenvalue weighted by Gasteiger charge is -2.31. The largest absolute Gasteiger partial charge is 0.433 e. The van der Waals surface area contributed by atoms with Crippen LogP contribution in [0.25, 0.3) is 11.5 Å². The van der Waals surface area contributed by atoms with E-state index in [1.165, 1.54) is 6.42 Å². The van der Waals surface area contributed by atoms with E-state index in [4.69, 9.17) is 9.15 Å². The molecule has 1 aromatic carbocycles. The molecule has 1 aromatic heterocycles. The summed E-state index contributed by atoms with van der Waals surface area (Å²) in [7, 11) is 3.78. The van der Waals surface area contributed by atoms with Gasteiger partial charge in [-0.15, -0.1) is 0 Å². The number of hydrogen-bond acceptors (Lipinski definition) is 7. The van der Waals surface area contributed by atoms with Crippen LogP contribution in [0.15, 0.2) is 34.7 Å². The Morgan fingerprint density at radius 1 is 1.08 bits per heavy atom. The highest BCUT2D eigenvalue weighted by Crippen LogP contribution is 2.28. The van der Waals surface area contributed by atoms with E-state index in [9.17, 15) is 14.4 Å². The average molecular weight is 526 g/mol. The van der Waals surface area contributed by atoms with E-state index in [0.717, 1.165) is 31.2 Å². The number of Topliss-reactive ketones (excluding diaryl/α,β-unsaturated/α-hetero) is 1. The van der Waals surface area contributed by atoms with Gasteiger partial charge < -0.3 is 29.6 Å². The Hall–Kier alpha value is -3.24. The third kappa shape index (κ3) is 7.64. The van der Waals surface area contributed by atoms with E-state index in [0.29, 0.717) is 56.8 Å². The predicted molar refractivity (Wildman–Crippen MR) is 143 cm³/mol. The summed E-state index contributed by atoms with van der Waals surface area (Å²) in [5.74, 6) is 0.155. The minimum atomic E-state index is -0.711. The molecule has 1 unspecified atom stereocenters. The fraction of sp³-hybridized carbons (Fsp3) is 0.571. The number of nitrogens with zero attached hydrogens (tertiary/aromatic N) is 3. The van der Waals surface area contributed by atoms with Crippen LogP contribution in [0, 0.1) is 5.92 Å². The molecule has 1 aliphatic carbocycles. The summed E-state index contributed by atoms with van der Waals surface area (Å²) < 4.78 is 11.2. The minimum Gasteiger partial charge on any atom is -0.433 e. The molecule has 1 aliphatic heterocycles. The Kier molecular flexibility index (Phi) is 9.89. The van der Waals surface area contributed by atoms with E-state index in [-0.39, 0.29) is 30.0 Å². The fourth-order valence-electron chi connectivity index (χ4n) is 5.05. The van der Waals surface area contributed by atoms with E-state index in [2.05, 4.69) is 15.6 Å². The molecular formula is C28H39N5O5. The van der Waals surface area contributed by atoms with Crippen molar-refractivity contribution in [3.63, 3.8) is 0 Å². The molecule has 1 atom stereocenters. The molecule has 0 radical (unpaired) electrons. The van der Waals surface area contributed by atoms with Gasteiger partial charge in [-0.2, -0.15) is 0 Å². The molecule has 2 aliphatic rings. The molecule has 206 valence electrons. The molecular weight excluding hydrogens is 486 g/mol. The highest BCUT2D eigenvalue weighted by molar-refractivity contribution is 5.99. The van der Waals surface area contributed by atoms with Crippen LogP contribution in [-0.2, 0) is 16.1 Å². The number of carbonyl (C=O) groups is 3. The van der Waals surface area contributed by atoms with Crippen LogP contribution >= 0.6 is 0 Å². The molecule has 38 heavy (non-hydrogen) atoms. The second kappa shape index (κ2) is 13.5. The van der Waals surface area contributed by atoms with Crippen LogP contribution in [-0.4, -0.2) is 85.5 Å². The summed E-state index contributed by atoms with van der Waals surface area (Å²) in [5, 5.41) is 5.69. The minimum absolute atomic E-state index is 0.138. The molecule has 3 amide bonds. The Morgan fingerprint density at radius 3 is 2.47 bits per heavy atom. The number of morpholine rings is 1. The lowest BCUT2D eigenvalue weighted by molar-refractivity contribution is -0.123. The highest BCUT2D eigenvalue weighted by atomic mass is 16.5. The maximum atomic E-state index is 13.3. The first-order valence-corrected chi connectivity index (χ1v) is 13.5. The summed E-state index contributed by atoms with van der Waals surface area (Å²) in [6.07, 6.45) is 6.13. The standard InChI is InChI=1S/C28H39N5O5/c1-32(2)19-23-25(38-27(30-23)21-11-7-4-8-12-21)24(34)18-29-26(35)22(17-20-9-5-3-6-10-20)31-28(36)33-13-15-37-16-14-33/h4,7-8,11-12,20,22H,3,5-6,9-10,13-19H2,1-2H3,(H,29,35)(H,31,36). The Balaban J connectivity index is 1.43. The predicted octanol–water partition coefficient (Wildman–Crippen LogP) is 3.08. The van der Waals surface area contributed by atoms with Crippen molar-refractivity contribution in [3.8, 4) is 11.5 Å². The zero-order valence-electron chi connectivity index (χ0n) is 22.4. The second-order valence-electron chi connectivity index (χ2n) is 10.4. The van der Waals surface area contributed by atoms with Crippen LogP contribution in [0.3, 0.4) is 0 Å². The molecule has 1 saturated carbocycles. The van der Waals surface area contributed by atoms with Crippen LogP contribution < -0.4 is 10.6 Å². The van der Waals surface area contributed by atoms with Gasteiger partial charge in [-0.3, -0.25) is 9.59 Å². The molecule has 2 heterocycles. The highest BCUT2D eigenvalue weighted by Gasteiger charge is 2.29. The van der Waals surface area contributed by atoms with Crippen molar-refractivity contribution >= 4 is 17.7 Å². The summed E-state index contributed by atoms with van der Waals surface area (Å²) in [6.45, 7) is 2.14. The summed E-state index contributed by atoms with van der Waals surface area (Å²) in [5.41, 5.74) is 1.29. The fourth-order valence-corrected chi connectivity index (χ4v) is 5.05. The summed E-state index contributed by atoms with van der Waals surface area (Å²) in [6, 6.07) is 8.41. The van der Waals surface area contributed by atoms with Gasteiger partial charge in [-0.1, -0.05) is 50.3 Å². The molecule has 0 spiro atoms. The second-order valence-corrected chi connectivity index (χ2v) is 10.4. The number of oxazole rings is 1. The maximum absolute atomic E-state index is 13.3. The van der Waals surface area contributed by atoms with Gasteiger partial charge in [-0.05, 0) is 38.6 Å². The normalized spacial score (nSPS) is 17.3. The first kappa shape index (κ1) is 27.8. The van der Waals surface area contributed by atoms with Gasteiger partial charge in [0.2, 0.25) is 17.6 Å². The Bertz CT molecular complexity index is 1070. The third-order valence-electron chi connectivity index (χ3n) is 7.07. The number of benzene rings is 1. The zero-order chi connectivity index (χ0) is 26.9. The topological polar surface area (TPSA) is 117 Å². The van der Waals surface area contributed by atoms with Crippen molar-refractivity contribution < 1.29 is 23.5 Å². The number of carbonyl (C=O) groups excluding carboxylic acids is 3. The monoisotopic (exact) mass is 525 g/mol. The molecule has 2 aromatic rings. The lowest BCUT2D eigenvalue weighted by atomic mass is 9.84. The molecule has 0 bridgehead atoms. The molecule has 2 fully saturated rings. The van der Waals surface area contributed by atoms with E-state index >= 15 is 0 Å². The van der Waals surface area contributed by atoms with Gasteiger partial charge in [0, 0.05) is 25.2 Å². The number of rotatable bonds is 10.